The topological polar surface area (TPSA) is 60.2 Å². The number of hydrogen-bond donors (Lipinski definition) is 1. The summed E-state index contributed by atoms with van der Waals surface area (Å²) in [6, 6.07) is 9.87. The highest BCUT2D eigenvalue weighted by Gasteiger charge is 2.19. The number of unbranched alkanes of at least 4 members (excludes halogenated alkanes) is 1. The number of aromatic nitrogens is 3. The Bertz CT molecular complexity index is 565. The van der Waals surface area contributed by atoms with Crippen molar-refractivity contribution in [3.8, 4) is 5.75 Å². The van der Waals surface area contributed by atoms with Crippen molar-refractivity contribution in [3.63, 3.8) is 0 Å². The minimum Gasteiger partial charge on any atom is -0.494 e. The van der Waals surface area contributed by atoms with Gasteiger partial charge in [0, 0.05) is 12.5 Å². The highest BCUT2D eigenvalue weighted by Crippen LogP contribution is 2.25. The molecule has 2 aromatic rings. The van der Waals surface area contributed by atoms with Crippen molar-refractivity contribution in [1.82, 2.24) is 15.0 Å². The van der Waals surface area contributed by atoms with Gasteiger partial charge in [-0.05, 0) is 37.8 Å². The van der Waals surface area contributed by atoms with Crippen molar-refractivity contribution in [1.29, 1.82) is 0 Å². The zero-order valence-corrected chi connectivity index (χ0v) is 14.1. The average molecular weight is 317 g/mol. The predicted molar refractivity (Wildman–Crippen MR) is 90.4 cm³/mol. The average Bonchev–Trinajstić information content (AvgIpc) is 3.00. The van der Waals surface area contributed by atoms with Crippen LogP contribution in [-0.4, -0.2) is 26.7 Å². The summed E-state index contributed by atoms with van der Waals surface area (Å²) in [4.78, 5) is 0. The van der Waals surface area contributed by atoms with Crippen LogP contribution >= 0.6 is 0 Å². The van der Waals surface area contributed by atoms with E-state index in [2.05, 4.69) is 24.2 Å². The fourth-order valence-electron chi connectivity index (χ4n) is 2.83. The molecule has 0 atom stereocenters. The Morgan fingerprint density at radius 2 is 1.87 bits per heavy atom. The summed E-state index contributed by atoms with van der Waals surface area (Å²) in [7, 11) is 0. The number of hydrogen-bond acceptors (Lipinski definition) is 4. The summed E-state index contributed by atoms with van der Waals surface area (Å²) in [5.74, 6) is 1.32. The molecule has 5 nitrogen and oxygen atoms in total. The molecule has 0 bridgehead atoms. The third-order valence-electron chi connectivity index (χ3n) is 4.15. The molecule has 0 saturated heterocycles. The fourth-order valence-corrected chi connectivity index (χ4v) is 2.83. The van der Waals surface area contributed by atoms with Gasteiger partial charge in [0.05, 0.1) is 18.9 Å². The molecule has 0 fully saturated rings. The largest absolute Gasteiger partial charge is 0.494 e. The molecule has 0 radical (unpaired) electrons. The predicted octanol–water partition coefficient (Wildman–Crippen LogP) is 3.53. The highest BCUT2D eigenvalue weighted by molar-refractivity contribution is 5.20. The van der Waals surface area contributed by atoms with Crippen LogP contribution in [0.25, 0.3) is 0 Å². The van der Waals surface area contributed by atoms with Crippen LogP contribution in [0.1, 0.15) is 56.8 Å². The van der Waals surface area contributed by atoms with E-state index in [1.807, 2.05) is 35.0 Å². The molecule has 0 unspecified atom stereocenters. The SMILES string of the molecule is CCC(CC)c1c(CO)nnn1CCCCOc1ccccc1. The van der Waals surface area contributed by atoms with Gasteiger partial charge in [-0.25, -0.2) is 4.68 Å². The molecule has 1 heterocycles. The van der Waals surface area contributed by atoms with E-state index in [0.717, 1.165) is 49.4 Å². The first-order chi connectivity index (χ1) is 11.3. The molecule has 0 spiro atoms. The standard InChI is InChI=1S/C18H27N3O2/c1-3-15(4-2)18-17(14-22)19-20-21(18)12-8-9-13-23-16-10-6-5-7-11-16/h5-7,10-11,15,22H,3-4,8-9,12-14H2,1-2H3. The van der Waals surface area contributed by atoms with Crippen LogP contribution < -0.4 is 4.74 Å². The van der Waals surface area contributed by atoms with E-state index in [1.165, 1.54) is 0 Å². The maximum absolute atomic E-state index is 9.47. The number of ether oxygens (including phenoxy) is 1. The molecule has 23 heavy (non-hydrogen) atoms. The van der Waals surface area contributed by atoms with E-state index in [4.69, 9.17) is 4.74 Å². The van der Waals surface area contributed by atoms with Crippen molar-refractivity contribution < 1.29 is 9.84 Å². The maximum Gasteiger partial charge on any atom is 0.119 e. The lowest BCUT2D eigenvalue weighted by Gasteiger charge is -2.15. The summed E-state index contributed by atoms with van der Waals surface area (Å²) in [5.41, 5.74) is 1.82. The van der Waals surface area contributed by atoms with Crippen LogP contribution in [0.4, 0.5) is 0 Å². The van der Waals surface area contributed by atoms with Gasteiger partial charge in [0.15, 0.2) is 0 Å². The van der Waals surface area contributed by atoms with Crippen LogP contribution in [0.5, 0.6) is 5.75 Å². The Balaban J connectivity index is 1.84. The molecular formula is C18H27N3O2. The highest BCUT2D eigenvalue weighted by atomic mass is 16.5. The summed E-state index contributed by atoms with van der Waals surface area (Å²) in [6.07, 6.45) is 4.02. The van der Waals surface area contributed by atoms with Gasteiger partial charge in [-0.15, -0.1) is 5.10 Å². The Kier molecular flexibility index (Phi) is 7.07. The van der Waals surface area contributed by atoms with Crippen molar-refractivity contribution in [2.45, 2.75) is 58.6 Å². The molecule has 1 aromatic carbocycles. The van der Waals surface area contributed by atoms with Crippen LogP contribution in [0.2, 0.25) is 0 Å². The molecule has 5 heteroatoms. The van der Waals surface area contributed by atoms with Gasteiger partial charge in [-0.1, -0.05) is 37.3 Å². The molecule has 0 amide bonds. The first-order valence-corrected chi connectivity index (χ1v) is 8.51. The summed E-state index contributed by atoms with van der Waals surface area (Å²) in [6.45, 7) is 5.81. The fraction of sp³-hybridized carbons (Fsp3) is 0.556. The lowest BCUT2D eigenvalue weighted by Crippen LogP contribution is -2.11. The van der Waals surface area contributed by atoms with E-state index >= 15 is 0 Å². The molecule has 0 aliphatic carbocycles. The number of aryl methyl sites for hydroxylation is 1. The second kappa shape index (κ2) is 9.30. The van der Waals surface area contributed by atoms with Crippen LogP contribution in [-0.2, 0) is 13.2 Å². The number of nitrogens with zero attached hydrogens (tertiary/aromatic N) is 3. The van der Waals surface area contributed by atoms with Crippen LogP contribution in [0, 0.1) is 0 Å². The Morgan fingerprint density at radius 1 is 1.13 bits per heavy atom. The van der Waals surface area contributed by atoms with Gasteiger partial charge in [0.25, 0.3) is 0 Å². The van der Waals surface area contributed by atoms with E-state index < -0.39 is 0 Å². The van der Waals surface area contributed by atoms with Gasteiger partial charge in [-0.2, -0.15) is 0 Å². The molecule has 0 aliphatic rings. The van der Waals surface area contributed by atoms with Crippen LogP contribution in [0.15, 0.2) is 30.3 Å². The number of rotatable bonds is 10. The number of benzene rings is 1. The minimum atomic E-state index is -0.0387. The van der Waals surface area contributed by atoms with Gasteiger partial charge in [0.1, 0.15) is 11.4 Å². The Labute approximate surface area is 138 Å². The Hall–Kier alpha value is -1.88. The summed E-state index contributed by atoms with van der Waals surface area (Å²) < 4.78 is 7.67. The van der Waals surface area contributed by atoms with Gasteiger partial charge in [-0.3, -0.25) is 0 Å². The maximum atomic E-state index is 9.47. The lowest BCUT2D eigenvalue weighted by atomic mass is 9.97. The van der Waals surface area contributed by atoms with Crippen molar-refractivity contribution in [2.75, 3.05) is 6.61 Å². The van der Waals surface area contributed by atoms with E-state index in [1.54, 1.807) is 0 Å². The van der Waals surface area contributed by atoms with Crippen molar-refractivity contribution in [3.05, 3.63) is 41.7 Å². The summed E-state index contributed by atoms with van der Waals surface area (Å²) >= 11 is 0. The minimum absolute atomic E-state index is 0.0387. The molecule has 126 valence electrons. The Morgan fingerprint density at radius 3 is 2.52 bits per heavy atom. The summed E-state index contributed by atoms with van der Waals surface area (Å²) in [5, 5.41) is 17.8. The van der Waals surface area contributed by atoms with Gasteiger partial charge in [0.2, 0.25) is 0 Å². The van der Waals surface area contributed by atoms with Crippen molar-refractivity contribution in [2.24, 2.45) is 0 Å². The van der Waals surface area contributed by atoms with Crippen LogP contribution in [0.3, 0.4) is 0 Å². The molecule has 2 rings (SSSR count). The van der Waals surface area contributed by atoms with E-state index in [0.29, 0.717) is 12.5 Å². The smallest absolute Gasteiger partial charge is 0.119 e. The monoisotopic (exact) mass is 317 g/mol. The molecular weight excluding hydrogens is 290 g/mol. The molecule has 0 saturated carbocycles. The quantitative estimate of drug-likeness (QED) is 0.681. The lowest BCUT2D eigenvalue weighted by molar-refractivity contribution is 0.274. The number of aliphatic hydroxyl groups is 1. The van der Waals surface area contributed by atoms with Gasteiger partial charge >= 0.3 is 0 Å². The molecule has 0 aliphatic heterocycles. The number of para-hydroxylation sites is 1. The third kappa shape index (κ3) is 4.79. The number of aliphatic hydroxyl groups excluding tert-OH is 1. The molecule has 1 N–H and O–H groups in total. The van der Waals surface area contributed by atoms with Gasteiger partial charge < -0.3 is 9.84 Å². The second-order valence-corrected chi connectivity index (χ2v) is 5.68. The molecule has 1 aromatic heterocycles. The zero-order chi connectivity index (χ0) is 16.5. The zero-order valence-electron chi connectivity index (χ0n) is 14.1. The van der Waals surface area contributed by atoms with E-state index in [-0.39, 0.29) is 6.61 Å². The van der Waals surface area contributed by atoms with E-state index in [9.17, 15) is 5.11 Å². The first-order valence-electron chi connectivity index (χ1n) is 8.51. The normalized spacial score (nSPS) is 11.1. The first kappa shape index (κ1) is 17.5. The van der Waals surface area contributed by atoms with Crippen molar-refractivity contribution >= 4 is 0 Å². The second-order valence-electron chi connectivity index (χ2n) is 5.68. The third-order valence-corrected chi connectivity index (χ3v) is 4.15.